The fourth-order valence-corrected chi connectivity index (χ4v) is 1.43. The van der Waals surface area contributed by atoms with Gasteiger partial charge in [0, 0.05) is 6.42 Å². The van der Waals surface area contributed by atoms with Crippen LogP contribution in [0.2, 0.25) is 0 Å². The average molecular weight is 184 g/mol. The molecule has 0 radical (unpaired) electrons. The smallest absolute Gasteiger partial charge is 0.186 e. The van der Waals surface area contributed by atoms with Crippen molar-refractivity contribution in [1.82, 2.24) is 0 Å². The summed E-state index contributed by atoms with van der Waals surface area (Å²) in [5.74, 6) is -1.36. The van der Waals surface area contributed by atoms with Crippen LogP contribution in [0.4, 0.5) is 0 Å². The van der Waals surface area contributed by atoms with E-state index < -0.39 is 11.4 Å². The van der Waals surface area contributed by atoms with E-state index in [0.29, 0.717) is 6.42 Å². The first-order valence-corrected chi connectivity index (χ1v) is 4.56. The van der Waals surface area contributed by atoms with Crippen molar-refractivity contribution in [3.8, 4) is 0 Å². The minimum atomic E-state index is -1.26. The maximum Gasteiger partial charge on any atom is 0.186 e. The molecule has 0 saturated carbocycles. The van der Waals surface area contributed by atoms with Gasteiger partial charge >= 0.3 is 0 Å². The molecule has 1 aliphatic rings. The minimum absolute atomic E-state index is 0.103. The van der Waals surface area contributed by atoms with Crippen LogP contribution in [0.5, 0.6) is 0 Å². The second-order valence-corrected chi connectivity index (χ2v) is 3.90. The summed E-state index contributed by atoms with van der Waals surface area (Å²) < 4.78 is 5.33. The molecule has 3 nitrogen and oxygen atoms in total. The molecule has 0 aromatic heterocycles. The number of carbonyl (C=O) groups excluding carboxylic acids is 1. The predicted molar refractivity (Wildman–Crippen MR) is 49.2 cm³/mol. The lowest BCUT2D eigenvalue weighted by Gasteiger charge is -2.36. The number of aliphatic hydroxyl groups is 1. The van der Waals surface area contributed by atoms with E-state index in [1.165, 1.54) is 12.2 Å². The van der Waals surface area contributed by atoms with E-state index >= 15 is 0 Å². The molecule has 1 N–H and O–H groups in total. The maximum atomic E-state index is 11.3. The molecular weight excluding hydrogens is 168 g/mol. The molecule has 3 heteroatoms. The highest BCUT2D eigenvalue weighted by Gasteiger charge is 2.40. The zero-order valence-corrected chi connectivity index (χ0v) is 8.33. The van der Waals surface area contributed by atoms with Crippen LogP contribution in [0.15, 0.2) is 12.2 Å². The maximum absolute atomic E-state index is 11.3. The second-order valence-electron chi connectivity index (χ2n) is 3.90. The minimum Gasteiger partial charge on any atom is -0.362 e. The van der Waals surface area contributed by atoms with Gasteiger partial charge in [0.2, 0.25) is 0 Å². The normalized spacial score (nSPS) is 32.2. The van der Waals surface area contributed by atoms with Gasteiger partial charge in [-0.25, -0.2) is 0 Å². The number of ether oxygens (including phenoxy) is 1. The monoisotopic (exact) mass is 184 g/mol. The molecule has 0 spiro atoms. The summed E-state index contributed by atoms with van der Waals surface area (Å²) in [5.41, 5.74) is -0.904. The van der Waals surface area contributed by atoms with Crippen molar-refractivity contribution in [3.63, 3.8) is 0 Å². The van der Waals surface area contributed by atoms with Crippen LogP contribution >= 0.6 is 0 Å². The molecular formula is C10H16O3. The van der Waals surface area contributed by atoms with Crippen molar-refractivity contribution in [3.05, 3.63) is 12.2 Å². The first-order chi connectivity index (χ1) is 5.90. The van der Waals surface area contributed by atoms with Crippen LogP contribution in [0.1, 0.15) is 33.6 Å². The summed E-state index contributed by atoms with van der Waals surface area (Å²) in [6.07, 6.45) is 4.16. The third-order valence-electron chi connectivity index (χ3n) is 2.13. The standard InChI is InChI=1S/C10H16O3/c1-4-6-10(12)7-5-8(11)9(2,3)13-10/h5,7,12H,4,6H2,1-3H3. The fourth-order valence-electron chi connectivity index (χ4n) is 1.43. The second kappa shape index (κ2) is 3.24. The van der Waals surface area contributed by atoms with E-state index in [0.717, 1.165) is 6.42 Å². The largest absolute Gasteiger partial charge is 0.362 e. The lowest BCUT2D eigenvalue weighted by molar-refractivity contribution is -0.230. The molecule has 1 aliphatic heterocycles. The summed E-state index contributed by atoms with van der Waals surface area (Å²) in [5, 5.41) is 9.86. The third-order valence-corrected chi connectivity index (χ3v) is 2.13. The van der Waals surface area contributed by atoms with Crippen molar-refractivity contribution in [2.45, 2.75) is 45.0 Å². The summed E-state index contributed by atoms with van der Waals surface area (Å²) in [7, 11) is 0. The lowest BCUT2D eigenvalue weighted by Crippen LogP contribution is -2.47. The number of hydrogen-bond acceptors (Lipinski definition) is 3. The molecule has 1 rings (SSSR count). The Morgan fingerprint density at radius 2 is 2.15 bits per heavy atom. The fraction of sp³-hybridized carbons (Fsp3) is 0.700. The molecule has 0 saturated heterocycles. The Labute approximate surface area is 78.4 Å². The summed E-state index contributed by atoms with van der Waals surface area (Å²) in [6, 6.07) is 0. The van der Waals surface area contributed by atoms with Gasteiger partial charge in [-0.1, -0.05) is 13.3 Å². The first kappa shape index (κ1) is 10.4. The highest BCUT2D eigenvalue weighted by molar-refractivity contribution is 5.97. The van der Waals surface area contributed by atoms with Gasteiger partial charge in [0.1, 0.15) is 5.60 Å². The van der Waals surface area contributed by atoms with E-state index in [9.17, 15) is 9.90 Å². The molecule has 0 aromatic carbocycles. The van der Waals surface area contributed by atoms with Crippen LogP contribution in [0, 0.1) is 0 Å². The molecule has 0 fully saturated rings. The molecule has 0 aromatic rings. The number of carbonyl (C=O) groups is 1. The zero-order chi connectivity index (χ0) is 10.1. The predicted octanol–water partition coefficient (Wildman–Crippen LogP) is 1.41. The Kier molecular flexibility index (Phi) is 2.59. The lowest BCUT2D eigenvalue weighted by atomic mass is 9.96. The third kappa shape index (κ3) is 2.17. The van der Waals surface area contributed by atoms with Crippen LogP contribution < -0.4 is 0 Å². The van der Waals surface area contributed by atoms with Crippen LogP contribution in [-0.2, 0) is 9.53 Å². The van der Waals surface area contributed by atoms with Gasteiger partial charge < -0.3 is 9.84 Å². The topological polar surface area (TPSA) is 46.5 Å². The average Bonchev–Trinajstić information content (AvgIpc) is 1.97. The van der Waals surface area contributed by atoms with Crippen molar-refractivity contribution in [2.24, 2.45) is 0 Å². The van der Waals surface area contributed by atoms with Crippen molar-refractivity contribution < 1.29 is 14.6 Å². The van der Waals surface area contributed by atoms with Crippen molar-refractivity contribution >= 4 is 5.78 Å². The van der Waals surface area contributed by atoms with E-state index in [4.69, 9.17) is 4.74 Å². The Bertz CT molecular complexity index is 243. The number of rotatable bonds is 2. The van der Waals surface area contributed by atoms with Crippen LogP contribution in [-0.4, -0.2) is 22.3 Å². The molecule has 1 heterocycles. The van der Waals surface area contributed by atoms with E-state index in [2.05, 4.69) is 0 Å². The van der Waals surface area contributed by atoms with E-state index in [1.807, 2.05) is 6.92 Å². The van der Waals surface area contributed by atoms with Gasteiger partial charge in [-0.2, -0.15) is 0 Å². The molecule has 1 atom stereocenters. The summed E-state index contributed by atoms with van der Waals surface area (Å²) >= 11 is 0. The molecule has 0 bridgehead atoms. The molecule has 0 aliphatic carbocycles. The number of hydrogen-bond donors (Lipinski definition) is 1. The Hall–Kier alpha value is -0.670. The first-order valence-electron chi connectivity index (χ1n) is 4.56. The van der Waals surface area contributed by atoms with Crippen molar-refractivity contribution in [2.75, 3.05) is 0 Å². The number of ketones is 1. The van der Waals surface area contributed by atoms with Crippen LogP contribution in [0.3, 0.4) is 0 Å². The Morgan fingerprint density at radius 1 is 1.54 bits per heavy atom. The summed E-state index contributed by atoms with van der Waals surface area (Å²) in [6.45, 7) is 5.29. The SMILES string of the molecule is CCCC1(O)C=CC(=O)C(C)(C)O1. The summed E-state index contributed by atoms with van der Waals surface area (Å²) in [4.78, 5) is 11.3. The van der Waals surface area contributed by atoms with Gasteiger partial charge in [0.25, 0.3) is 0 Å². The van der Waals surface area contributed by atoms with E-state index in [-0.39, 0.29) is 5.78 Å². The van der Waals surface area contributed by atoms with Crippen LogP contribution in [0.25, 0.3) is 0 Å². The van der Waals surface area contributed by atoms with Crippen molar-refractivity contribution in [1.29, 1.82) is 0 Å². The zero-order valence-electron chi connectivity index (χ0n) is 8.33. The highest BCUT2D eigenvalue weighted by Crippen LogP contribution is 2.29. The molecule has 1 unspecified atom stereocenters. The van der Waals surface area contributed by atoms with E-state index in [1.54, 1.807) is 13.8 Å². The molecule has 74 valence electrons. The molecule has 13 heavy (non-hydrogen) atoms. The molecule has 0 amide bonds. The van der Waals surface area contributed by atoms with Gasteiger partial charge in [0.15, 0.2) is 11.6 Å². The Balaban J connectivity index is 2.85. The quantitative estimate of drug-likeness (QED) is 0.705. The van der Waals surface area contributed by atoms with Gasteiger partial charge in [-0.15, -0.1) is 0 Å². The van der Waals surface area contributed by atoms with Gasteiger partial charge in [-0.3, -0.25) is 4.79 Å². The van der Waals surface area contributed by atoms with Gasteiger partial charge in [-0.05, 0) is 26.0 Å². The van der Waals surface area contributed by atoms with Gasteiger partial charge in [0.05, 0.1) is 0 Å². The highest BCUT2D eigenvalue weighted by atomic mass is 16.6. The Morgan fingerprint density at radius 3 is 2.62 bits per heavy atom.